The minimum absolute atomic E-state index is 0.0221. The minimum Gasteiger partial charge on any atom is -0.473 e. The molecule has 9 heteroatoms. The van der Waals surface area contributed by atoms with E-state index in [1.54, 1.807) is 13.3 Å². The van der Waals surface area contributed by atoms with Crippen LogP contribution in [0.3, 0.4) is 0 Å². The number of H-pyrrole nitrogens is 1. The van der Waals surface area contributed by atoms with E-state index in [-0.39, 0.29) is 6.10 Å². The highest BCUT2D eigenvalue weighted by Gasteiger charge is 2.19. The summed E-state index contributed by atoms with van der Waals surface area (Å²) in [4.78, 5) is 12.3. The Morgan fingerprint density at radius 2 is 2.00 bits per heavy atom. The number of nitrogens with zero attached hydrogens (tertiary/aromatic N) is 5. The maximum Gasteiger partial charge on any atom is 0.231 e. The first-order valence-corrected chi connectivity index (χ1v) is 10.9. The third-order valence-corrected chi connectivity index (χ3v) is 5.75. The molecule has 33 heavy (non-hydrogen) atoms. The molecule has 5 rings (SSSR count). The van der Waals surface area contributed by atoms with Gasteiger partial charge in [0.1, 0.15) is 23.4 Å². The summed E-state index contributed by atoms with van der Waals surface area (Å²) < 4.78 is 18.3. The second-order valence-corrected chi connectivity index (χ2v) is 7.93. The average molecular weight is 444 g/mol. The van der Waals surface area contributed by atoms with Crippen molar-refractivity contribution in [2.45, 2.75) is 25.5 Å². The smallest absolute Gasteiger partial charge is 0.231 e. The molecule has 1 aliphatic heterocycles. The van der Waals surface area contributed by atoms with E-state index in [1.165, 1.54) is 0 Å². The summed E-state index contributed by atoms with van der Waals surface area (Å²) in [5, 5.41) is 15.0. The molecule has 0 amide bonds. The van der Waals surface area contributed by atoms with Crippen LogP contribution in [0, 0.1) is 11.3 Å². The number of hydrogen-bond acceptors (Lipinski definition) is 7. The molecule has 168 valence electrons. The van der Waals surface area contributed by atoms with E-state index >= 15 is 0 Å². The minimum atomic E-state index is 0.0221. The number of nitriles is 1. The topological polar surface area (TPSA) is 111 Å². The van der Waals surface area contributed by atoms with E-state index in [4.69, 9.17) is 14.2 Å². The molecule has 0 saturated carbocycles. The molecule has 0 unspecified atom stereocenters. The third-order valence-electron chi connectivity index (χ3n) is 5.75. The monoisotopic (exact) mass is 444 g/mol. The molecule has 5 heterocycles. The largest absolute Gasteiger partial charge is 0.473 e. The summed E-state index contributed by atoms with van der Waals surface area (Å²) in [5.74, 6) is 0.371. The fourth-order valence-corrected chi connectivity index (χ4v) is 3.95. The number of methoxy groups -OCH3 is 1. The molecule has 0 atom stereocenters. The van der Waals surface area contributed by atoms with E-state index in [0.717, 1.165) is 46.1 Å². The molecule has 1 N–H and O–H groups in total. The Morgan fingerprint density at radius 1 is 1.15 bits per heavy atom. The Labute approximate surface area is 190 Å². The summed E-state index contributed by atoms with van der Waals surface area (Å²) in [6.07, 6.45) is 10.9. The molecule has 0 aromatic carbocycles. The third kappa shape index (κ3) is 4.44. The first-order valence-electron chi connectivity index (χ1n) is 10.9. The Morgan fingerprint density at radius 3 is 2.82 bits per heavy atom. The zero-order valence-electron chi connectivity index (χ0n) is 18.3. The van der Waals surface area contributed by atoms with E-state index in [0.29, 0.717) is 37.8 Å². The lowest BCUT2D eigenvalue weighted by atomic mass is 10.0. The Bertz CT molecular complexity index is 1300. The predicted octanol–water partition coefficient (Wildman–Crippen LogP) is 3.56. The first-order chi connectivity index (χ1) is 16.2. The van der Waals surface area contributed by atoms with E-state index in [1.807, 2.05) is 35.5 Å². The SMILES string of the molecule is COCCn1cc(-c2cnc3[nH]cc(-c4cnc(OC5CCOCC5)c(C#N)c4)c3c2)cn1. The maximum absolute atomic E-state index is 9.71. The Balaban J connectivity index is 1.45. The zero-order chi connectivity index (χ0) is 22.6. The molecule has 0 radical (unpaired) electrons. The van der Waals surface area contributed by atoms with Crippen molar-refractivity contribution in [3.05, 3.63) is 48.7 Å². The predicted molar refractivity (Wildman–Crippen MR) is 122 cm³/mol. The fourth-order valence-electron chi connectivity index (χ4n) is 3.95. The van der Waals surface area contributed by atoms with Crippen LogP contribution in [-0.2, 0) is 16.0 Å². The van der Waals surface area contributed by atoms with Crippen LogP contribution in [-0.4, -0.2) is 57.8 Å². The van der Waals surface area contributed by atoms with Gasteiger partial charge in [-0.2, -0.15) is 10.4 Å². The number of fused-ring (bicyclic) bond motifs is 1. The molecule has 1 fully saturated rings. The molecule has 0 bridgehead atoms. The van der Waals surface area contributed by atoms with Crippen LogP contribution in [0.15, 0.2) is 43.1 Å². The van der Waals surface area contributed by atoms with Crippen molar-refractivity contribution in [2.24, 2.45) is 0 Å². The van der Waals surface area contributed by atoms with E-state index < -0.39 is 0 Å². The van der Waals surface area contributed by atoms with Crippen molar-refractivity contribution in [1.29, 1.82) is 5.26 Å². The van der Waals surface area contributed by atoms with Gasteiger partial charge >= 0.3 is 0 Å². The van der Waals surface area contributed by atoms with Crippen molar-refractivity contribution >= 4 is 11.0 Å². The van der Waals surface area contributed by atoms with Crippen LogP contribution in [0.2, 0.25) is 0 Å². The number of rotatable bonds is 7. The average Bonchev–Trinajstić information content (AvgIpc) is 3.50. The highest BCUT2D eigenvalue weighted by Crippen LogP contribution is 2.32. The first kappa shape index (κ1) is 21.1. The van der Waals surface area contributed by atoms with Crippen molar-refractivity contribution in [3.8, 4) is 34.2 Å². The molecule has 0 spiro atoms. The number of ether oxygens (including phenoxy) is 3. The summed E-state index contributed by atoms with van der Waals surface area (Å²) >= 11 is 0. The van der Waals surface area contributed by atoms with Gasteiger partial charge in [-0.25, -0.2) is 9.97 Å². The molecule has 1 aliphatic rings. The van der Waals surface area contributed by atoms with Gasteiger partial charge in [-0.3, -0.25) is 4.68 Å². The standard InChI is InChI=1S/C24H24N6O3/c1-31-7-4-30-15-19(13-29-30)17-9-21-22(14-27-23(21)26-11-17)18-8-16(10-25)24(28-12-18)33-20-2-5-32-6-3-20/h8-9,11-15,20H,2-7H2,1H3,(H,26,27). The van der Waals surface area contributed by atoms with Crippen molar-refractivity contribution < 1.29 is 14.2 Å². The Kier molecular flexibility index (Phi) is 6.02. The van der Waals surface area contributed by atoms with Gasteiger partial charge in [-0.15, -0.1) is 0 Å². The summed E-state index contributed by atoms with van der Waals surface area (Å²) in [6, 6.07) is 6.12. The highest BCUT2D eigenvalue weighted by atomic mass is 16.5. The maximum atomic E-state index is 9.71. The fraction of sp³-hybridized carbons (Fsp3) is 0.333. The number of nitrogens with one attached hydrogen (secondary N) is 1. The summed E-state index contributed by atoms with van der Waals surface area (Å²) in [5.41, 5.74) is 4.86. The van der Waals surface area contributed by atoms with Crippen LogP contribution in [0.25, 0.3) is 33.3 Å². The molecule has 9 nitrogen and oxygen atoms in total. The van der Waals surface area contributed by atoms with Gasteiger partial charge in [0, 0.05) is 72.4 Å². The zero-order valence-corrected chi connectivity index (χ0v) is 18.3. The number of pyridine rings is 2. The van der Waals surface area contributed by atoms with Gasteiger partial charge in [0.2, 0.25) is 5.88 Å². The second-order valence-electron chi connectivity index (χ2n) is 7.93. The summed E-state index contributed by atoms with van der Waals surface area (Å²) in [7, 11) is 1.67. The lowest BCUT2D eigenvalue weighted by Gasteiger charge is -2.23. The normalized spacial score (nSPS) is 14.4. The molecular formula is C24H24N6O3. The molecule has 4 aromatic rings. The van der Waals surface area contributed by atoms with Crippen LogP contribution in [0.5, 0.6) is 5.88 Å². The molecular weight excluding hydrogens is 420 g/mol. The molecule has 4 aromatic heterocycles. The van der Waals surface area contributed by atoms with Crippen molar-refractivity contribution in [1.82, 2.24) is 24.7 Å². The van der Waals surface area contributed by atoms with Gasteiger partial charge in [0.05, 0.1) is 32.6 Å². The highest BCUT2D eigenvalue weighted by molar-refractivity contribution is 5.95. The van der Waals surface area contributed by atoms with Gasteiger partial charge in [0.15, 0.2) is 0 Å². The van der Waals surface area contributed by atoms with Crippen molar-refractivity contribution in [2.75, 3.05) is 26.9 Å². The van der Waals surface area contributed by atoms with Crippen LogP contribution in [0.4, 0.5) is 0 Å². The van der Waals surface area contributed by atoms with Gasteiger partial charge in [-0.05, 0) is 12.1 Å². The molecule has 1 saturated heterocycles. The van der Waals surface area contributed by atoms with Crippen LogP contribution < -0.4 is 4.74 Å². The van der Waals surface area contributed by atoms with E-state index in [9.17, 15) is 5.26 Å². The second kappa shape index (κ2) is 9.40. The van der Waals surface area contributed by atoms with E-state index in [2.05, 4.69) is 32.2 Å². The number of hydrogen-bond donors (Lipinski definition) is 1. The Hall–Kier alpha value is -3.74. The number of aromatic amines is 1. The molecule has 0 aliphatic carbocycles. The summed E-state index contributed by atoms with van der Waals surface area (Å²) in [6.45, 7) is 2.62. The quantitative estimate of drug-likeness (QED) is 0.464. The van der Waals surface area contributed by atoms with Gasteiger partial charge < -0.3 is 19.2 Å². The van der Waals surface area contributed by atoms with Crippen LogP contribution >= 0.6 is 0 Å². The van der Waals surface area contributed by atoms with Crippen LogP contribution in [0.1, 0.15) is 18.4 Å². The van der Waals surface area contributed by atoms with Crippen molar-refractivity contribution in [3.63, 3.8) is 0 Å². The lowest BCUT2D eigenvalue weighted by molar-refractivity contribution is 0.0236. The van der Waals surface area contributed by atoms with Gasteiger partial charge in [0.25, 0.3) is 0 Å². The lowest BCUT2D eigenvalue weighted by Crippen LogP contribution is -2.26. The number of aromatic nitrogens is 5. The van der Waals surface area contributed by atoms with Gasteiger partial charge in [-0.1, -0.05) is 0 Å².